The van der Waals surface area contributed by atoms with E-state index in [2.05, 4.69) is 4.72 Å². The predicted molar refractivity (Wildman–Crippen MR) is 61.7 cm³/mol. The van der Waals surface area contributed by atoms with Gasteiger partial charge in [-0.1, -0.05) is 12.1 Å². The molecule has 0 radical (unpaired) electrons. The molecule has 0 fully saturated rings. The van der Waals surface area contributed by atoms with Crippen molar-refractivity contribution in [2.75, 3.05) is 24.2 Å². The molecule has 0 aliphatic rings. The van der Waals surface area contributed by atoms with Gasteiger partial charge in [0.25, 0.3) is 0 Å². The van der Waals surface area contributed by atoms with E-state index in [1.54, 1.807) is 24.3 Å². The Labute approximate surface area is 95.1 Å². The second-order valence-corrected chi connectivity index (χ2v) is 5.11. The maximum Gasteiger partial charge on any atom is 0.234 e. The largest absolute Gasteiger partial charge is 0.392 e. The van der Waals surface area contributed by atoms with Crippen LogP contribution in [0.1, 0.15) is 5.56 Å². The number of nitrogens with one attached hydrogen (secondary N) is 1. The van der Waals surface area contributed by atoms with Crippen molar-refractivity contribution >= 4 is 15.7 Å². The van der Waals surface area contributed by atoms with E-state index in [9.17, 15) is 8.42 Å². The quantitative estimate of drug-likeness (QED) is 0.768. The number of hydrogen-bond donors (Lipinski definition) is 2. The van der Waals surface area contributed by atoms with Crippen LogP contribution in [0.15, 0.2) is 24.3 Å². The molecule has 0 bridgehead atoms. The standard InChI is InChI=1S/C10H15NO4S/c1-15-6-7-16(13,14)11-10-4-2-9(8-12)3-5-10/h2-5,11-12H,6-8H2,1H3. The lowest BCUT2D eigenvalue weighted by Gasteiger charge is -2.07. The Hall–Kier alpha value is -1.11. The monoisotopic (exact) mass is 245 g/mol. The van der Waals surface area contributed by atoms with Crippen molar-refractivity contribution in [1.29, 1.82) is 0 Å². The molecule has 0 heterocycles. The summed E-state index contributed by atoms with van der Waals surface area (Å²) in [5.41, 5.74) is 1.22. The summed E-state index contributed by atoms with van der Waals surface area (Å²) >= 11 is 0. The zero-order valence-electron chi connectivity index (χ0n) is 9.01. The highest BCUT2D eigenvalue weighted by molar-refractivity contribution is 7.92. The minimum absolute atomic E-state index is 0.0588. The molecular formula is C10H15NO4S. The molecule has 16 heavy (non-hydrogen) atoms. The molecule has 5 nitrogen and oxygen atoms in total. The summed E-state index contributed by atoms with van der Waals surface area (Å²) in [5, 5.41) is 8.82. The van der Waals surface area contributed by atoms with Crippen LogP contribution in [-0.2, 0) is 21.4 Å². The van der Waals surface area contributed by atoms with Gasteiger partial charge in [0, 0.05) is 12.8 Å². The fourth-order valence-corrected chi connectivity index (χ4v) is 2.09. The van der Waals surface area contributed by atoms with Crippen molar-refractivity contribution in [3.8, 4) is 0 Å². The summed E-state index contributed by atoms with van der Waals surface area (Å²) in [5.74, 6) is -0.0781. The van der Waals surface area contributed by atoms with E-state index in [1.807, 2.05) is 0 Å². The molecule has 6 heteroatoms. The molecule has 0 saturated carbocycles. The second kappa shape index (κ2) is 5.83. The molecule has 1 aromatic rings. The Morgan fingerprint density at radius 1 is 1.31 bits per heavy atom. The molecule has 2 N–H and O–H groups in total. The van der Waals surface area contributed by atoms with Crippen molar-refractivity contribution in [3.63, 3.8) is 0 Å². The van der Waals surface area contributed by atoms with Crippen molar-refractivity contribution in [1.82, 2.24) is 0 Å². The number of hydrogen-bond acceptors (Lipinski definition) is 4. The van der Waals surface area contributed by atoms with Crippen LogP contribution >= 0.6 is 0 Å². The molecule has 0 aliphatic carbocycles. The third kappa shape index (κ3) is 4.18. The van der Waals surface area contributed by atoms with E-state index in [0.29, 0.717) is 5.69 Å². The van der Waals surface area contributed by atoms with Gasteiger partial charge in [0.15, 0.2) is 0 Å². The highest BCUT2D eigenvalue weighted by Crippen LogP contribution is 2.11. The van der Waals surface area contributed by atoms with Crippen molar-refractivity contribution in [2.24, 2.45) is 0 Å². The minimum Gasteiger partial charge on any atom is -0.392 e. The number of ether oxygens (including phenoxy) is 1. The minimum atomic E-state index is -3.35. The van der Waals surface area contributed by atoms with E-state index >= 15 is 0 Å². The number of sulfonamides is 1. The third-order valence-electron chi connectivity index (χ3n) is 1.97. The first-order chi connectivity index (χ1) is 7.57. The van der Waals surface area contributed by atoms with Gasteiger partial charge in [-0.05, 0) is 17.7 Å². The summed E-state index contributed by atoms with van der Waals surface area (Å²) in [6.07, 6.45) is 0. The number of benzene rings is 1. The van der Waals surface area contributed by atoms with Crippen LogP contribution in [-0.4, -0.2) is 33.0 Å². The molecular weight excluding hydrogens is 230 g/mol. The molecule has 0 aliphatic heterocycles. The molecule has 1 aromatic carbocycles. The Bertz CT molecular complexity index is 413. The molecule has 0 aromatic heterocycles. The van der Waals surface area contributed by atoms with Crippen LogP contribution in [0.3, 0.4) is 0 Å². The summed E-state index contributed by atoms with van der Waals surface area (Å²) in [7, 11) is -1.90. The Morgan fingerprint density at radius 2 is 1.94 bits per heavy atom. The topological polar surface area (TPSA) is 75.6 Å². The normalized spacial score (nSPS) is 11.4. The lowest BCUT2D eigenvalue weighted by molar-refractivity contribution is 0.217. The summed E-state index contributed by atoms with van der Waals surface area (Å²) in [6, 6.07) is 6.54. The van der Waals surface area contributed by atoms with E-state index in [1.165, 1.54) is 7.11 Å². The third-order valence-corrected chi connectivity index (χ3v) is 3.22. The van der Waals surface area contributed by atoms with E-state index in [0.717, 1.165) is 5.56 Å². The fraction of sp³-hybridized carbons (Fsp3) is 0.400. The number of methoxy groups -OCH3 is 1. The van der Waals surface area contributed by atoms with Crippen molar-refractivity contribution in [2.45, 2.75) is 6.61 Å². The summed E-state index contributed by atoms with van der Waals surface area (Å²) in [4.78, 5) is 0. The van der Waals surface area contributed by atoms with Crippen molar-refractivity contribution in [3.05, 3.63) is 29.8 Å². The first kappa shape index (κ1) is 13.0. The number of aliphatic hydroxyl groups is 1. The van der Waals surface area contributed by atoms with E-state index in [-0.39, 0.29) is 19.0 Å². The molecule has 90 valence electrons. The van der Waals surface area contributed by atoms with Crippen LogP contribution < -0.4 is 4.72 Å². The average molecular weight is 245 g/mol. The lowest BCUT2D eigenvalue weighted by Crippen LogP contribution is -2.19. The van der Waals surface area contributed by atoms with Gasteiger partial charge in [0.05, 0.1) is 19.0 Å². The van der Waals surface area contributed by atoms with Gasteiger partial charge in [-0.2, -0.15) is 0 Å². The number of rotatable bonds is 6. The van der Waals surface area contributed by atoms with Crippen LogP contribution in [0.5, 0.6) is 0 Å². The number of aliphatic hydroxyl groups excluding tert-OH is 1. The summed E-state index contributed by atoms with van der Waals surface area (Å²) in [6.45, 7) is 0.0980. The van der Waals surface area contributed by atoms with Crippen LogP contribution in [0.4, 0.5) is 5.69 Å². The van der Waals surface area contributed by atoms with Gasteiger partial charge in [0.1, 0.15) is 0 Å². The van der Waals surface area contributed by atoms with Gasteiger partial charge in [0.2, 0.25) is 10.0 Å². The van der Waals surface area contributed by atoms with E-state index in [4.69, 9.17) is 9.84 Å². The predicted octanol–water partition coefficient (Wildman–Crippen LogP) is 0.567. The molecule has 0 saturated heterocycles. The van der Waals surface area contributed by atoms with Crippen LogP contribution in [0.25, 0.3) is 0 Å². The molecule has 0 unspecified atom stereocenters. The SMILES string of the molecule is COCCS(=O)(=O)Nc1ccc(CO)cc1. The second-order valence-electron chi connectivity index (χ2n) is 3.27. The molecule has 1 rings (SSSR count). The Balaban J connectivity index is 2.65. The smallest absolute Gasteiger partial charge is 0.234 e. The van der Waals surface area contributed by atoms with Gasteiger partial charge < -0.3 is 9.84 Å². The van der Waals surface area contributed by atoms with Crippen LogP contribution in [0, 0.1) is 0 Å². The van der Waals surface area contributed by atoms with Gasteiger partial charge in [-0.25, -0.2) is 8.42 Å². The maximum absolute atomic E-state index is 11.5. The summed E-state index contributed by atoms with van der Waals surface area (Å²) < 4.78 is 30.1. The fourth-order valence-electron chi connectivity index (χ4n) is 1.10. The molecule has 0 atom stereocenters. The molecule has 0 spiro atoms. The lowest BCUT2D eigenvalue weighted by atomic mass is 10.2. The van der Waals surface area contributed by atoms with Gasteiger partial charge in [-0.3, -0.25) is 4.72 Å². The Morgan fingerprint density at radius 3 is 2.44 bits per heavy atom. The first-order valence-electron chi connectivity index (χ1n) is 4.76. The zero-order valence-corrected chi connectivity index (χ0v) is 9.83. The van der Waals surface area contributed by atoms with Crippen molar-refractivity contribution < 1.29 is 18.3 Å². The van der Waals surface area contributed by atoms with E-state index < -0.39 is 10.0 Å². The maximum atomic E-state index is 11.5. The highest BCUT2D eigenvalue weighted by atomic mass is 32.2. The van der Waals surface area contributed by atoms with Gasteiger partial charge in [-0.15, -0.1) is 0 Å². The Kier molecular flexibility index (Phi) is 4.72. The zero-order chi connectivity index (χ0) is 12.0. The molecule has 0 amide bonds. The average Bonchev–Trinajstić information content (AvgIpc) is 2.27. The highest BCUT2D eigenvalue weighted by Gasteiger charge is 2.09. The number of anilines is 1. The first-order valence-corrected chi connectivity index (χ1v) is 6.42. The van der Waals surface area contributed by atoms with Crippen LogP contribution in [0.2, 0.25) is 0 Å². The van der Waals surface area contributed by atoms with Gasteiger partial charge >= 0.3 is 0 Å².